The summed E-state index contributed by atoms with van der Waals surface area (Å²) in [6.07, 6.45) is -5.26. The van der Waals surface area contributed by atoms with Gasteiger partial charge in [-0.05, 0) is 6.42 Å². The highest BCUT2D eigenvalue weighted by Gasteiger charge is 2.44. The van der Waals surface area contributed by atoms with Gasteiger partial charge in [0.25, 0.3) is 0 Å². The van der Waals surface area contributed by atoms with Crippen LogP contribution in [0.3, 0.4) is 0 Å². The Morgan fingerprint density at radius 3 is 2.42 bits per heavy atom. The topological polar surface area (TPSA) is 134 Å². The summed E-state index contributed by atoms with van der Waals surface area (Å²) in [5.74, 6) is 0.00713. The summed E-state index contributed by atoms with van der Waals surface area (Å²) in [4.78, 5) is 15.2. The van der Waals surface area contributed by atoms with Crippen molar-refractivity contribution in [3.05, 3.63) is 0 Å². The standard InChI is InChI=1S/C15H28N2O7/c1-10(19)17-4-5-24-15(9-17)2-3-16(8-15)6-11(20)13(22)14(23)12(21)7-18/h11-14,18,20-23H,2-9H2,1H3/t11-,12+,13+,14+,15?/m0/s1. The molecule has 0 aromatic heterocycles. The Bertz CT molecular complexity index is 438. The van der Waals surface area contributed by atoms with Crippen LogP contribution in [0.1, 0.15) is 13.3 Å². The number of rotatable bonds is 6. The average molecular weight is 348 g/mol. The summed E-state index contributed by atoms with van der Waals surface area (Å²) in [6, 6.07) is 0. The number of likely N-dealkylation sites (tertiary alicyclic amines) is 1. The zero-order chi connectivity index (χ0) is 17.9. The van der Waals surface area contributed by atoms with Crippen LogP contribution < -0.4 is 0 Å². The second-order valence-electron chi connectivity index (χ2n) is 6.76. The summed E-state index contributed by atoms with van der Waals surface area (Å²) in [6.45, 7) is 3.62. The zero-order valence-electron chi connectivity index (χ0n) is 13.9. The van der Waals surface area contributed by atoms with E-state index in [1.54, 1.807) is 4.90 Å². The maximum atomic E-state index is 11.6. The van der Waals surface area contributed by atoms with Crippen LogP contribution in [0.25, 0.3) is 0 Å². The van der Waals surface area contributed by atoms with Crippen molar-refractivity contribution in [3.8, 4) is 0 Å². The van der Waals surface area contributed by atoms with Crippen LogP contribution in [0.5, 0.6) is 0 Å². The van der Waals surface area contributed by atoms with Crippen LogP contribution in [-0.4, -0.2) is 117 Å². The first-order valence-corrected chi connectivity index (χ1v) is 8.23. The quantitative estimate of drug-likeness (QED) is 0.338. The van der Waals surface area contributed by atoms with E-state index in [0.29, 0.717) is 39.2 Å². The molecule has 2 aliphatic heterocycles. The largest absolute Gasteiger partial charge is 0.394 e. The fraction of sp³-hybridized carbons (Fsp3) is 0.933. The predicted molar refractivity (Wildman–Crippen MR) is 83.1 cm³/mol. The Morgan fingerprint density at radius 2 is 1.79 bits per heavy atom. The monoisotopic (exact) mass is 348 g/mol. The van der Waals surface area contributed by atoms with E-state index in [2.05, 4.69) is 0 Å². The third-order valence-corrected chi connectivity index (χ3v) is 4.86. The molecular formula is C15H28N2O7. The van der Waals surface area contributed by atoms with Crippen LogP contribution in [0.4, 0.5) is 0 Å². The Morgan fingerprint density at radius 1 is 1.12 bits per heavy atom. The summed E-state index contributed by atoms with van der Waals surface area (Å²) < 4.78 is 5.88. The molecule has 2 rings (SSSR count). The van der Waals surface area contributed by atoms with Gasteiger partial charge in [-0.3, -0.25) is 9.69 Å². The number of hydrogen-bond acceptors (Lipinski definition) is 8. The molecule has 0 bridgehead atoms. The Hall–Kier alpha value is -0.810. The Kier molecular flexibility index (Phi) is 6.54. The van der Waals surface area contributed by atoms with Crippen LogP contribution in [0.15, 0.2) is 0 Å². The van der Waals surface area contributed by atoms with Crippen molar-refractivity contribution in [2.45, 2.75) is 43.4 Å². The molecule has 0 saturated carbocycles. The zero-order valence-corrected chi connectivity index (χ0v) is 13.9. The van der Waals surface area contributed by atoms with Crippen molar-refractivity contribution in [2.24, 2.45) is 0 Å². The molecule has 5 N–H and O–H groups in total. The van der Waals surface area contributed by atoms with Gasteiger partial charge in [0, 0.05) is 33.1 Å². The molecule has 0 aromatic rings. The first kappa shape index (κ1) is 19.5. The molecule has 2 heterocycles. The van der Waals surface area contributed by atoms with Crippen LogP contribution >= 0.6 is 0 Å². The number of hydrogen-bond donors (Lipinski definition) is 5. The lowest BCUT2D eigenvalue weighted by atomic mass is 10.0. The second-order valence-corrected chi connectivity index (χ2v) is 6.76. The maximum absolute atomic E-state index is 11.6. The van der Waals surface area contributed by atoms with Gasteiger partial charge in [0.15, 0.2) is 0 Å². The maximum Gasteiger partial charge on any atom is 0.219 e. The molecule has 2 saturated heterocycles. The van der Waals surface area contributed by atoms with Gasteiger partial charge in [0.05, 0.1) is 31.5 Å². The molecule has 24 heavy (non-hydrogen) atoms. The Balaban J connectivity index is 1.88. The summed E-state index contributed by atoms with van der Waals surface area (Å²) in [5, 5.41) is 47.8. The molecule has 0 aromatic carbocycles. The number of morpholine rings is 1. The predicted octanol–water partition coefficient (Wildman–Crippen LogP) is -3.25. The van der Waals surface area contributed by atoms with Crippen molar-refractivity contribution in [3.63, 3.8) is 0 Å². The molecule has 0 aliphatic carbocycles. The number of β-amino-alcohol motifs (C(OH)–C–C–N with tert-alkyl or cyclic N) is 1. The molecular weight excluding hydrogens is 320 g/mol. The molecule has 2 fully saturated rings. The lowest BCUT2D eigenvalue weighted by Gasteiger charge is -2.40. The Labute approximate surface area is 141 Å². The highest BCUT2D eigenvalue weighted by atomic mass is 16.5. The number of carbonyl (C=O) groups excluding carboxylic acids is 1. The van der Waals surface area contributed by atoms with Crippen molar-refractivity contribution in [1.29, 1.82) is 0 Å². The molecule has 2 aliphatic rings. The lowest BCUT2D eigenvalue weighted by Crippen LogP contribution is -2.55. The van der Waals surface area contributed by atoms with Gasteiger partial charge in [-0.1, -0.05) is 0 Å². The van der Waals surface area contributed by atoms with Crippen molar-refractivity contribution in [2.75, 3.05) is 45.9 Å². The number of aliphatic hydroxyl groups excluding tert-OH is 5. The molecule has 9 nitrogen and oxygen atoms in total. The molecule has 140 valence electrons. The van der Waals surface area contributed by atoms with E-state index in [1.165, 1.54) is 6.92 Å². The van der Waals surface area contributed by atoms with E-state index in [1.807, 2.05) is 4.90 Å². The minimum absolute atomic E-state index is 0.00713. The molecule has 5 atom stereocenters. The summed E-state index contributed by atoms with van der Waals surface area (Å²) >= 11 is 0. The number of ether oxygens (including phenoxy) is 1. The first-order chi connectivity index (χ1) is 11.3. The molecule has 1 spiro atoms. The van der Waals surface area contributed by atoms with Crippen LogP contribution in [0, 0.1) is 0 Å². The van der Waals surface area contributed by atoms with Gasteiger partial charge in [0.1, 0.15) is 18.3 Å². The van der Waals surface area contributed by atoms with Gasteiger partial charge in [-0.15, -0.1) is 0 Å². The van der Waals surface area contributed by atoms with Gasteiger partial charge >= 0.3 is 0 Å². The summed E-state index contributed by atoms with van der Waals surface area (Å²) in [7, 11) is 0. The average Bonchev–Trinajstić information content (AvgIpc) is 2.94. The first-order valence-electron chi connectivity index (χ1n) is 8.23. The van der Waals surface area contributed by atoms with E-state index < -0.39 is 36.6 Å². The number of carbonyl (C=O) groups is 1. The minimum atomic E-state index is -1.62. The smallest absolute Gasteiger partial charge is 0.219 e. The third-order valence-electron chi connectivity index (χ3n) is 4.86. The van der Waals surface area contributed by atoms with E-state index in [9.17, 15) is 25.2 Å². The normalized spacial score (nSPS) is 30.3. The lowest BCUT2D eigenvalue weighted by molar-refractivity contribution is -0.147. The molecule has 1 unspecified atom stereocenters. The number of amides is 1. The SMILES string of the molecule is CC(=O)N1CCOC2(CCN(C[C@H](O)[C@@H](O)[C@H](O)[C@H](O)CO)C2)C1. The highest BCUT2D eigenvalue weighted by Crippen LogP contribution is 2.29. The van der Waals surface area contributed by atoms with E-state index in [-0.39, 0.29) is 12.5 Å². The number of aliphatic hydroxyl groups is 5. The van der Waals surface area contributed by atoms with E-state index >= 15 is 0 Å². The third kappa shape index (κ3) is 4.42. The van der Waals surface area contributed by atoms with Crippen molar-refractivity contribution < 1.29 is 35.1 Å². The van der Waals surface area contributed by atoms with Crippen molar-refractivity contribution in [1.82, 2.24) is 9.80 Å². The summed E-state index contributed by atoms with van der Waals surface area (Å²) in [5.41, 5.74) is -0.460. The van der Waals surface area contributed by atoms with Gasteiger partial charge in [0.2, 0.25) is 5.91 Å². The van der Waals surface area contributed by atoms with Crippen molar-refractivity contribution >= 4 is 5.91 Å². The van der Waals surface area contributed by atoms with Crippen LogP contribution in [-0.2, 0) is 9.53 Å². The fourth-order valence-electron chi connectivity index (χ4n) is 3.38. The molecule has 0 radical (unpaired) electrons. The van der Waals surface area contributed by atoms with Gasteiger partial charge in [-0.25, -0.2) is 0 Å². The number of nitrogens with zero attached hydrogens (tertiary/aromatic N) is 2. The van der Waals surface area contributed by atoms with Gasteiger partial charge < -0.3 is 35.2 Å². The van der Waals surface area contributed by atoms with Crippen LogP contribution in [0.2, 0.25) is 0 Å². The molecule has 1 amide bonds. The highest BCUT2D eigenvalue weighted by molar-refractivity contribution is 5.73. The van der Waals surface area contributed by atoms with E-state index in [0.717, 1.165) is 0 Å². The molecule has 9 heteroatoms. The minimum Gasteiger partial charge on any atom is -0.394 e. The van der Waals surface area contributed by atoms with E-state index in [4.69, 9.17) is 9.84 Å². The second kappa shape index (κ2) is 8.05. The van der Waals surface area contributed by atoms with Gasteiger partial charge in [-0.2, -0.15) is 0 Å². The fourth-order valence-corrected chi connectivity index (χ4v) is 3.38.